The number of aliphatic hydroxyl groups excluding tert-OH is 1. The molecule has 2 aliphatic carbocycles. The maximum Gasteiger partial charge on any atom is 0.248 e. The van der Waals surface area contributed by atoms with Crippen molar-refractivity contribution < 1.29 is 18.7 Å². The van der Waals surface area contributed by atoms with E-state index in [1.807, 2.05) is 24.3 Å². The average Bonchev–Trinajstić information content (AvgIpc) is 2.78. The number of benzene rings is 1. The Balaban J connectivity index is 1.55. The molecule has 1 amide bonds. The van der Waals surface area contributed by atoms with Crippen molar-refractivity contribution in [1.29, 1.82) is 0 Å². The molecule has 3 rings (SSSR count). The molecule has 2 unspecified atom stereocenters. The van der Waals surface area contributed by atoms with Gasteiger partial charge in [-0.05, 0) is 29.9 Å². The third-order valence-electron chi connectivity index (χ3n) is 4.84. The van der Waals surface area contributed by atoms with Crippen LogP contribution in [0, 0.1) is 5.92 Å². The Morgan fingerprint density at radius 3 is 2.55 bits per heavy atom. The SMILES string of the molecule is O=C(CC1CCC(F)(F)CC1)NC1CC(O)c2ccccc21. The lowest BCUT2D eigenvalue weighted by Gasteiger charge is -2.28. The van der Waals surface area contributed by atoms with E-state index in [1.54, 1.807) is 0 Å². The van der Waals surface area contributed by atoms with E-state index in [0.717, 1.165) is 11.1 Å². The normalized spacial score (nSPS) is 27.4. The van der Waals surface area contributed by atoms with Gasteiger partial charge in [0.2, 0.25) is 11.8 Å². The summed E-state index contributed by atoms with van der Waals surface area (Å²) >= 11 is 0. The Hall–Kier alpha value is -1.49. The van der Waals surface area contributed by atoms with E-state index in [-0.39, 0.29) is 30.7 Å². The number of fused-ring (bicyclic) bond motifs is 1. The Morgan fingerprint density at radius 2 is 1.86 bits per heavy atom. The molecule has 2 N–H and O–H groups in total. The molecular formula is C17H21F2NO2. The van der Waals surface area contributed by atoms with Crippen molar-refractivity contribution in [2.24, 2.45) is 5.92 Å². The average molecular weight is 309 g/mol. The molecular weight excluding hydrogens is 288 g/mol. The zero-order chi connectivity index (χ0) is 15.7. The first-order valence-electron chi connectivity index (χ1n) is 7.89. The number of hydrogen-bond acceptors (Lipinski definition) is 2. The second-order valence-corrected chi connectivity index (χ2v) is 6.50. The highest BCUT2D eigenvalue weighted by Crippen LogP contribution is 2.39. The van der Waals surface area contributed by atoms with E-state index in [9.17, 15) is 18.7 Å². The molecule has 3 nitrogen and oxygen atoms in total. The number of amides is 1. The van der Waals surface area contributed by atoms with Gasteiger partial charge in [0, 0.05) is 25.7 Å². The molecule has 0 aromatic heterocycles. The van der Waals surface area contributed by atoms with Crippen molar-refractivity contribution in [3.05, 3.63) is 35.4 Å². The summed E-state index contributed by atoms with van der Waals surface area (Å²) < 4.78 is 26.2. The Morgan fingerprint density at radius 1 is 1.23 bits per heavy atom. The third-order valence-corrected chi connectivity index (χ3v) is 4.84. The van der Waals surface area contributed by atoms with Gasteiger partial charge >= 0.3 is 0 Å². The number of halogens is 2. The lowest BCUT2D eigenvalue weighted by molar-refractivity contribution is -0.124. The molecule has 22 heavy (non-hydrogen) atoms. The zero-order valence-electron chi connectivity index (χ0n) is 12.4. The van der Waals surface area contributed by atoms with Gasteiger partial charge in [-0.15, -0.1) is 0 Å². The van der Waals surface area contributed by atoms with Gasteiger partial charge in [-0.1, -0.05) is 24.3 Å². The monoisotopic (exact) mass is 309 g/mol. The van der Waals surface area contributed by atoms with Gasteiger partial charge in [0.05, 0.1) is 12.1 Å². The second kappa shape index (κ2) is 5.95. The lowest BCUT2D eigenvalue weighted by atomic mass is 9.84. The molecule has 1 aromatic rings. The van der Waals surface area contributed by atoms with E-state index in [0.29, 0.717) is 25.7 Å². The number of aliphatic hydroxyl groups is 1. The fourth-order valence-electron chi connectivity index (χ4n) is 3.57. The first kappa shape index (κ1) is 15.4. The van der Waals surface area contributed by atoms with E-state index < -0.39 is 12.0 Å². The van der Waals surface area contributed by atoms with Gasteiger partial charge in [0.25, 0.3) is 0 Å². The second-order valence-electron chi connectivity index (χ2n) is 6.50. The summed E-state index contributed by atoms with van der Waals surface area (Å²) in [5.74, 6) is -2.62. The van der Waals surface area contributed by atoms with Gasteiger partial charge in [0.1, 0.15) is 0 Å². The van der Waals surface area contributed by atoms with Crippen molar-refractivity contribution in [1.82, 2.24) is 5.32 Å². The Bertz CT molecular complexity index is 551. The highest BCUT2D eigenvalue weighted by atomic mass is 19.3. The number of nitrogens with one attached hydrogen (secondary N) is 1. The van der Waals surface area contributed by atoms with Crippen LogP contribution in [0.5, 0.6) is 0 Å². The van der Waals surface area contributed by atoms with Crippen LogP contribution in [-0.2, 0) is 4.79 Å². The van der Waals surface area contributed by atoms with Crippen LogP contribution in [0.2, 0.25) is 0 Å². The van der Waals surface area contributed by atoms with Crippen LogP contribution in [0.3, 0.4) is 0 Å². The molecule has 1 saturated carbocycles. The van der Waals surface area contributed by atoms with Crippen LogP contribution in [-0.4, -0.2) is 16.9 Å². The quantitative estimate of drug-likeness (QED) is 0.898. The van der Waals surface area contributed by atoms with Gasteiger partial charge in [-0.3, -0.25) is 4.79 Å². The van der Waals surface area contributed by atoms with Crippen LogP contribution < -0.4 is 5.32 Å². The summed E-state index contributed by atoms with van der Waals surface area (Å²) in [5.41, 5.74) is 1.82. The molecule has 2 aliphatic rings. The first-order chi connectivity index (χ1) is 10.4. The summed E-state index contributed by atoms with van der Waals surface area (Å²) in [4.78, 5) is 12.2. The minimum Gasteiger partial charge on any atom is -0.388 e. The first-order valence-corrected chi connectivity index (χ1v) is 7.89. The Labute approximate surface area is 128 Å². The minimum absolute atomic E-state index is 0.0428. The largest absolute Gasteiger partial charge is 0.388 e. The van der Waals surface area contributed by atoms with Gasteiger partial charge in [0.15, 0.2) is 0 Å². The number of carbonyl (C=O) groups excluding carboxylic acids is 1. The highest BCUT2D eigenvalue weighted by molar-refractivity contribution is 5.77. The van der Waals surface area contributed by atoms with Gasteiger partial charge in [-0.2, -0.15) is 0 Å². The molecule has 5 heteroatoms. The molecule has 0 bridgehead atoms. The Kier molecular flexibility index (Phi) is 4.17. The van der Waals surface area contributed by atoms with E-state index in [2.05, 4.69) is 5.32 Å². The molecule has 2 atom stereocenters. The summed E-state index contributed by atoms with van der Waals surface area (Å²) in [6.07, 6.45) is 0.814. The molecule has 0 saturated heterocycles. The van der Waals surface area contributed by atoms with Crippen molar-refractivity contribution >= 4 is 5.91 Å². The van der Waals surface area contributed by atoms with Crippen LogP contribution in [0.15, 0.2) is 24.3 Å². The summed E-state index contributed by atoms with van der Waals surface area (Å²) in [5, 5.41) is 13.0. The van der Waals surface area contributed by atoms with Gasteiger partial charge < -0.3 is 10.4 Å². The van der Waals surface area contributed by atoms with Crippen LogP contribution in [0.1, 0.15) is 61.8 Å². The number of carbonyl (C=O) groups is 1. The van der Waals surface area contributed by atoms with Crippen molar-refractivity contribution in [3.63, 3.8) is 0 Å². The van der Waals surface area contributed by atoms with Crippen molar-refractivity contribution in [3.8, 4) is 0 Å². The summed E-state index contributed by atoms with van der Waals surface area (Å²) in [6.45, 7) is 0. The fourth-order valence-corrected chi connectivity index (χ4v) is 3.57. The van der Waals surface area contributed by atoms with Crippen LogP contribution in [0.25, 0.3) is 0 Å². The highest BCUT2D eigenvalue weighted by Gasteiger charge is 2.36. The molecule has 0 aliphatic heterocycles. The molecule has 0 heterocycles. The summed E-state index contributed by atoms with van der Waals surface area (Å²) in [7, 11) is 0. The minimum atomic E-state index is -2.55. The van der Waals surface area contributed by atoms with Crippen molar-refractivity contribution in [2.75, 3.05) is 0 Å². The van der Waals surface area contributed by atoms with E-state index in [4.69, 9.17) is 0 Å². The maximum atomic E-state index is 13.1. The topological polar surface area (TPSA) is 49.3 Å². The summed E-state index contributed by atoms with van der Waals surface area (Å²) in [6, 6.07) is 7.37. The van der Waals surface area contributed by atoms with Crippen molar-refractivity contribution in [2.45, 2.75) is 56.6 Å². The molecule has 0 radical (unpaired) electrons. The predicted octanol–water partition coefficient (Wildman–Crippen LogP) is 3.50. The molecule has 120 valence electrons. The smallest absolute Gasteiger partial charge is 0.248 e. The number of hydrogen-bond donors (Lipinski definition) is 2. The van der Waals surface area contributed by atoms with Crippen LogP contribution in [0.4, 0.5) is 8.78 Å². The fraction of sp³-hybridized carbons (Fsp3) is 0.588. The zero-order valence-corrected chi connectivity index (χ0v) is 12.4. The molecule has 1 aromatic carbocycles. The number of rotatable bonds is 3. The van der Waals surface area contributed by atoms with E-state index in [1.165, 1.54) is 0 Å². The standard InChI is InChI=1S/C17H21F2NO2/c18-17(19)7-5-11(6-8-17)9-16(22)20-14-10-15(21)13-4-2-1-3-12(13)14/h1-4,11,14-15,21H,5-10H2,(H,20,22). The maximum absolute atomic E-state index is 13.1. The lowest BCUT2D eigenvalue weighted by Crippen LogP contribution is -2.31. The van der Waals surface area contributed by atoms with Gasteiger partial charge in [-0.25, -0.2) is 8.78 Å². The third kappa shape index (κ3) is 3.29. The molecule has 1 fully saturated rings. The molecule has 0 spiro atoms. The van der Waals surface area contributed by atoms with E-state index >= 15 is 0 Å². The number of alkyl halides is 2. The van der Waals surface area contributed by atoms with Crippen LogP contribution >= 0.6 is 0 Å². The predicted molar refractivity (Wildman–Crippen MR) is 78.4 cm³/mol.